The number of urea groups is 1. The van der Waals surface area contributed by atoms with Crippen molar-refractivity contribution in [2.45, 2.75) is 18.3 Å². The Morgan fingerprint density at radius 1 is 1.08 bits per heavy atom. The van der Waals surface area contributed by atoms with Crippen LogP contribution in [0.4, 0.5) is 16.2 Å². The molecule has 3 N–H and O–H groups in total. The van der Waals surface area contributed by atoms with Crippen LogP contribution in [-0.4, -0.2) is 18.5 Å². The van der Waals surface area contributed by atoms with Crippen molar-refractivity contribution < 1.29 is 9.59 Å². The maximum atomic E-state index is 12.7. The van der Waals surface area contributed by atoms with E-state index in [1.54, 1.807) is 36.4 Å². The summed E-state index contributed by atoms with van der Waals surface area (Å²) in [6, 6.07) is 14.1. The molecule has 26 heavy (non-hydrogen) atoms. The van der Waals surface area contributed by atoms with Gasteiger partial charge in [0, 0.05) is 22.9 Å². The Morgan fingerprint density at radius 3 is 2.31 bits per heavy atom. The number of nitrogens with one attached hydrogen (secondary N) is 3. The highest BCUT2D eigenvalue weighted by Gasteiger charge is 2.51. The Kier molecular flexibility index (Phi) is 5.28. The Labute approximate surface area is 157 Å². The molecule has 0 aromatic heterocycles. The lowest BCUT2D eigenvalue weighted by molar-refractivity contribution is -0.118. The molecule has 2 aromatic rings. The van der Waals surface area contributed by atoms with E-state index >= 15 is 0 Å². The summed E-state index contributed by atoms with van der Waals surface area (Å²) in [4.78, 5) is 24.4. The summed E-state index contributed by atoms with van der Waals surface area (Å²) < 4.78 is 0. The van der Waals surface area contributed by atoms with Crippen molar-refractivity contribution >= 4 is 34.9 Å². The lowest BCUT2D eigenvalue weighted by atomic mass is 9.95. The second-order valence-electron chi connectivity index (χ2n) is 6.25. The third-order valence-corrected chi connectivity index (χ3v) is 4.60. The van der Waals surface area contributed by atoms with Crippen LogP contribution in [0.25, 0.3) is 0 Å². The van der Waals surface area contributed by atoms with E-state index in [-0.39, 0.29) is 11.9 Å². The molecule has 1 aliphatic carbocycles. The second kappa shape index (κ2) is 7.62. The summed E-state index contributed by atoms with van der Waals surface area (Å²) in [5.74, 6) is -0.0378. The average Bonchev–Trinajstić information content (AvgIpc) is 3.44. The maximum absolute atomic E-state index is 12.7. The number of carbonyl (C=O) groups excluding carboxylic acids is 2. The van der Waals surface area contributed by atoms with Gasteiger partial charge in [-0.1, -0.05) is 29.8 Å². The Balaban J connectivity index is 1.63. The van der Waals surface area contributed by atoms with Crippen molar-refractivity contribution in [3.63, 3.8) is 0 Å². The molecule has 3 rings (SSSR count). The maximum Gasteiger partial charge on any atom is 0.319 e. The Bertz CT molecular complexity index is 829. The summed E-state index contributed by atoms with van der Waals surface area (Å²) in [7, 11) is 0. The predicted molar refractivity (Wildman–Crippen MR) is 105 cm³/mol. The number of carbonyl (C=O) groups is 2. The molecule has 2 aromatic carbocycles. The quantitative estimate of drug-likeness (QED) is 0.664. The van der Waals surface area contributed by atoms with E-state index < -0.39 is 5.41 Å². The van der Waals surface area contributed by atoms with E-state index in [0.29, 0.717) is 22.9 Å². The van der Waals surface area contributed by atoms with Crippen LogP contribution in [0.15, 0.2) is 61.2 Å². The van der Waals surface area contributed by atoms with Crippen molar-refractivity contribution in [1.29, 1.82) is 0 Å². The number of anilines is 2. The topological polar surface area (TPSA) is 70.2 Å². The van der Waals surface area contributed by atoms with Gasteiger partial charge in [0.2, 0.25) is 5.91 Å². The molecule has 134 valence electrons. The van der Waals surface area contributed by atoms with Gasteiger partial charge in [0.15, 0.2) is 0 Å². The predicted octanol–water partition coefficient (Wildman–Crippen LogP) is 4.32. The fourth-order valence-electron chi connectivity index (χ4n) is 2.79. The van der Waals surface area contributed by atoms with Gasteiger partial charge >= 0.3 is 6.03 Å². The van der Waals surface area contributed by atoms with E-state index in [4.69, 9.17) is 11.6 Å². The number of hydrogen-bond donors (Lipinski definition) is 3. The first-order valence-corrected chi connectivity index (χ1v) is 8.75. The Morgan fingerprint density at radius 2 is 1.73 bits per heavy atom. The van der Waals surface area contributed by atoms with Gasteiger partial charge in [-0.3, -0.25) is 4.79 Å². The minimum Gasteiger partial charge on any atom is -0.334 e. The normalized spacial score (nSPS) is 14.2. The monoisotopic (exact) mass is 369 g/mol. The first kappa shape index (κ1) is 18.0. The van der Waals surface area contributed by atoms with Crippen LogP contribution in [0.3, 0.4) is 0 Å². The number of rotatable bonds is 6. The summed E-state index contributed by atoms with van der Waals surface area (Å²) in [5.41, 5.74) is 1.77. The largest absolute Gasteiger partial charge is 0.334 e. The molecule has 0 saturated heterocycles. The molecule has 0 bridgehead atoms. The molecule has 0 atom stereocenters. The third-order valence-electron chi connectivity index (χ3n) is 4.37. The lowest BCUT2D eigenvalue weighted by Crippen LogP contribution is -2.29. The summed E-state index contributed by atoms with van der Waals surface area (Å²) >= 11 is 6.06. The molecule has 0 heterocycles. The number of amides is 3. The average molecular weight is 370 g/mol. The van der Waals surface area contributed by atoms with E-state index in [2.05, 4.69) is 22.5 Å². The van der Waals surface area contributed by atoms with Crippen molar-refractivity contribution in [2.24, 2.45) is 0 Å². The molecule has 0 aliphatic heterocycles. The Hall–Kier alpha value is -2.79. The van der Waals surface area contributed by atoms with Crippen LogP contribution >= 0.6 is 11.6 Å². The van der Waals surface area contributed by atoms with Gasteiger partial charge in [-0.15, -0.1) is 6.58 Å². The van der Waals surface area contributed by atoms with Crippen LogP contribution in [0, 0.1) is 0 Å². The first-order valence-electron chi connectivity index (χ1n) is 8.37. The number of halogens is 1. The number of benzene rings is 2. The molecule has 1 fully saturated rings. The van der Waals surface area contributed by atoms with Crippen molar-refractivity contribution in [1.82, 2.24) is 5.32 Å². The van der Waals surface area contributed by atoms with Gasteiger partial charge in [-0.05, 0) is 54.8 Å². The molecule has 1 saturated carbocycles. The van der Waals surface area contributed by atoms with E-state index in [0.717, 1.165) is 18.4 Å². The highest BCUT2D eigenvalue weighted by atomic mass is 35.5. The molecule has 3 amide bonds. The van der Waals surface area contributed by atoms with E-state index in [1.165, 1.54) is 0 Å². The molecule has 0 spiro atoms. The number of hydrogen-bond acceptors (Lipinski definition) is 2. The molecule has 6 heteroatoms. The van der Waals surface area contributed by atoms with Crippen LogP contribution in [0.5, 0.6) is 0 Å². The van der Waals surface area contributed by atoms with Gasteiger partial charge in [-0.2, -0.15) is 0 Å². The SMILES string of the molecule is C=CCNC(=O)Nc1ccc(NC(=O)C2(c3cccc(Cl)c3)CC2)cc1. The molecular weight excluding hydrogens is 350 g/mol. The van der Waals surface area contributed by atoms with Crippen molar-refractivity contribution in [2.75, 3.05) is 17.2 Å². The second-order valence-corrected chi connectivity index (χ2v) is 6.68. The summed E-state index contributed by atoms with van der Waals surface area (Å²) in [5, 5.41) is 8.92. The van der Waals surface area contributed by atoms with Gasteiger partial charge < -0.3 is 16.0 Å². The highest BCUT2D eigenvalue weighted by Crippen LogP contribution is 2.49. The zero-order valence-corrected chi connectivity index (χ0v) is 15.0. The summed E-state index contributed by atoms with van der Waals surface area (Å²) in [6.45, 7) is 3.93. The molecule has 1 aliphatic rings. The standard InChI is InChI=1S/C20H20ClN3O2/c1-2-12-22-19(26)24-17-8-6-16(7-9-17)23-18(25)20(10-11-20)14-4-3-5-15(21)13-14/h2-9,13H,1,10-12H2,(H,23,25)(H2,22,24,26). The third kappa shape index (κ3) is 4.06. The van der Waals surface area contributed by atoms with Crippen LogP contribution in [-0.2, 0) is 10.2 Å². The van der Waals surface area contributed by atoms with Gasteiger partial charge in [0.1, 0.15) is 0 Å². The van der Waals surface area contributed by atoms with Gasteiger partial charge in [0.25, 0.3) is 0 Å². The minimum absolute atomic E-state index is 0.0378. The zero-order valence-electron chi connectivity index (χ0n) is 14.2. The van der Waals surface area contributed by atoms with Crippen LogP contribution in [0.1, 0.15) is 18.4 Å². The van der Waals surface area contributed by atoms with Crippen molar-refractivity contribution in [3.05, 3.63) is 71.8 Å². The smallest absolute Gasteiger partial charge is 0.319 e. The fourth-order valence-corrected chi connectivity index (χ4v) is 2.98. The fraction of sp³-hybridized carbons (Fsp3) is 0.200. The van der Waals surface area contributed by atoms with E-state index in [1.807, 2.05) is 18.2 Å². The van der Waals surface area contributed by atoms with Gasteiger partial charge in [-0.25, -0.2) is 4.79 Å². The molecule has 0 unspecified atom stereocenters. The molecular formula is C20H20ClN3O2. The summed E-state index contributed by atoms with van der Waals surface area (Å²) in [6.07, 6.45) is 3.22. The lowest BCUT2D eigenvalue weighted by Gasteiger charge is -2.16. The zero-order chi connectivity index (χ0) is 18.6. The van der Waals surface area contributed by atoms with E-state index in [9.17, 15) is 9.59 Å². The highest BCUT2D eigenvalue weighted by molar-refractivity contribution is 6.30. The molecule has 5 nitrogen and oxygen atoms in total. The first-order chi connectivity index (χ1) is 12.5. The minimum atomic E-state index is -0.494. The van der Waals surface area contributed by atoms with Crippen molar-refractivity contribution in [3.8, 4) is 0 Å². The van der Waals surface area contributed by atoms with Crippen LogP contribution < -0.4 is 16.0 Å². The molecule has 0 radical (unpaired) electrons. The van der Waals surface area contributed by atoms with Crippen LogP contribution in [0.2, 0.25) is 5.02 Å². The van der Waals surface area contributed by atoms with Gasteiger partial charge in [0.05, 0.1) is 5.41 Å².